The van der Waals surface area contributed by atoms with Gasteiger partial charge in [-0.15, -0.1) is 12.4 Å². The van der Waals surface area contributed by atoms with Crippen LogP contribution in [0.2, 0.25) is 0 Å². The van der Waals surface area contributed by atoms with E-state index in [1.165, 1.54) is 0 Å². The van der Waals surface area contributed by atoms with Gasteiger partial charge in [0.05, 0.1) is 0 Å². The van der Waals surface area contributed by atoms with Gasteiger partial charge in [0, 0.05) is 36.8 Å². The molecule has 3 rings (SSSR count). The molecule has 6 nitrogen and oxygen atoms in total. The first kappa shape index (κ1) is 19.5. The maximum absolute atomic E-state index is 12.4. The Kier molecular flexibility index (Phi) is 7.08. The molecular weight excluding hydrogens is 342 g/mol. The molecule has 1 aliphatic carbocycles. The third-order valence-corrected chi connectivity index (χ3v) is 4.63. The number of hydrogen-bond donors (Lipinski definition) is 2. The number of carbonyl (C=O) groups excluding carboxylic acids is 2. The minimum atomic E-state index is -0.0300. The van der Waals surface area contributed by atoms with Crippen LogP contribution >= 0.6 is 12.4 Å². The van der Waals surface area contributed by atoms with Crippen molar-refractivity contribution in [2.75, 3.05) is 25.0 Å². The van der Waals surface area contributed by atoms with Crippen molar-refractivity contribution in [2.24, 2.45) is 11.7 Å². The molecule has 3 N–H and O–H groups in total. The van der Waals surface area contributed by atoms with Crippen molar-refractivity contribution in [3.05, 3.63) is 24.3 Å². The van der Waals surface area contributed by atoms with Gasteiger partial charge in [-0.1, -0.05) is 6.07 Å². The van der Waals surface area contributed by atoms with E-state index in [4.69, 9.17) is 10.5 Å². The summed E-state index contributed by atoms with van der Waals surface area (Å²) in [7, 11) is 0. The first-order valence-corrected chi connectivity index (χ1v) is 8.70. The van der Waals surface area contributed by atoms with Crippen LogP contribution in [0.5, 0.6) is 5.75 Å². The molecule has 1 aliphatic heterocycles. The van der Waals surface area contributed by atoms with E-state index in [0.717, 1.165) is 38.6 Å². The number of benzene rings is 1. The van der Waals surface area contributed by atoms with Crippen molar-refractivity contribution in [3.63, 3.8) is 0 Å². The molecule has 0 spiro atoms. The van der Waals surface area contributed by atoms with Gasteiger partial charge >= 0.3 is 0 Å². The summed E-state index contributed by atoms with van der Waals surface area (Å²) in [5.41, 5.74) is 6.46. The van der Waals surface area contributed by atoms with Crippen LogP contribution in [0.4, 0.5) is 5.69 Å². The Balaban J connectivity index is 0.00000225. The first-order valence-electron chi connectivity index (χ1n) is 8.70. The first-order chi connectivity index (χ1) is 11.7. The summed E-state index contributed by atoms with van der Waals surface area (Å²) >= 11 is 0. The fraction of sp³-hybridized carbons (Fsp3) is 0.556. The Bertz CT molecular complexity index is 607. The molecule has 0 aromatic heterocycles. The number of likely N-dealkylation sites (tertiary alicyclic amines) is 1. The molecule has 0 bridgehead atoms. The maximum atomic E-state index is 12.4. The number of rotatable bonds is 6. The smallest absolute Gasteiger partial charge is 0.260 e. The third kappa shape index (κ3) is 5.34. The number of nitrogens with one attached hydrogen (secondary N) is 1. The van der Waals surface area contributed by atoms with E-state index in [1.807, 2.05) is 17.0 Å². The zero-order valence-corrected chi connectivity index (χ0v) is 15.1. The Morgan fingerprint density at radius 1 is 1.24 bits per heavy atom. The molecule has 1 aromatic rings. The fourth-order valence-electron chi connectivity index (χ4n) is 3.06. The lowest BCUT2D eigenvalue weighted by Crippen LogP contribution is -2.49. The zero-order chi connectivity index (χ0) is 16.9. The summed E-state index contributed by atoms with van der Waals surface area (Å²) in [6.45, 7) is 1.24. The van der Waals surface area contributed by atoms with Crippen molar-refractivity contribution in [1.29, 1.82) is 0 Å². The highest BCUT2D eigenvalue weighted by Gasteiger charge is 2.29. The summed E-state index contributed by atoms with van der Waals surface area (Å²) in [6, 6.07) is 7.30. The van der Waals surface area contributed by atoms with Crippen molar-refractivity contribution in [1.82, 2.24) is 4.90 Å². The van der Waals surface area contributed by atoms with Crippen LogP contribution in [-0.4, -0.2) is 42.5 Å². The largest absolute Gasteiger partial charge is 0.484 e. The van der Waals surface area contributed by atoms with Gasteiger partial charge < -0.3 is 20.7 Å². The fourth-order valence-corrected chi connectivity index (χ4v) is 3.06. The molecule has 0 radical (unpaired) electrons. The topological polar surface area (TPSA) is 84.7 Å². The summed E-state index contributed by atoms with van der Waals surface area (Å²) in [6.07, 6.45) is 5.04. The molecule has 1 aromatic carbocycles. The summed E-state index contributed by atoms with van der Waals surface area (Å²) in [5.74, 6) is 0.765. The molecule has 1 heterocycles. The van der Waals surface area contributed by atoms with Crippen LogP contribution in [-0.2, 0) is 9.59 Å². The van der Waals surface area contributed by atoms with E-state index in [2.05, 4.69) is 5.32 Å². The minimum Gasteiger partial charge on any atom is -0.484 e. The second-order valence-electron chi connectivity index (χ2n) is 6.55. The van der Waals surface area contributed by atoms with Crippen molar-refractivity contribution in [2.45, 2.75) is 38.1 Å². The molecule has 1 saturated carbocycles. The average Bonchev–Trinajstić information content (AvgIpc) is 3.45. The third-order valence-electron chi connectivity index (χ3n) is 4.63. The van der Waals surface area contributed by atoms with Crippen molar-refractivity contribution >= 4 is 29.9 Å². The molecule has 1 unspecified atom stereocenters. The number of nitrogens with zero attached hydrogens (tertiary/aromatic N) is 1. The summed E-state index contributed by atoms with van der Waals surface area (Å²) in [5, 5.41) is 2.88. The van der Waals surface area contributed by atoms with Crippen LogP contribution in [0.3, 0.4) is 0 Å². The van der Waals surface area contributed by atoms with E-state index in [1.54, 1.807) is 12.1 Å². The van der Waals surface area contributed by atoms with Gasteiger partial charge in [-0.2, -0.15) is 0 Å². The quantitative estimate of drug-likeness (QED) is 0.807. The second kappa shape index (κ2) is 9.06. The lowest BCUT2D eigenvalue weighted by Gasteiger charge is -2.34. The Hall–Kier alpha value is -1.79. The summed E-state index contributed by atoms with van der Waals surface area (Å²) < 4.78 is 5.63. The highest BCUT2D eigenvalue weighted by Crippen LogP contribution is 2.30. The molecule has 138 valence electrons. The van der Waals surface area contributed by atoms with Gasteiger partial charge in [0.2, 0.25) is 5.91 Å². The summed E-state index contributed by atoms with van der Waals surface area (Å²) in [4.78, 5) is 26.0. The molecule has 1 saturated heterocycles. The maximum Gasteiger partial charge on any atom is 0.260 e. The molecular formula is C18H26ClN3O3. The van der Waals surface area contributed by atoms with E-state index in [9.17, 15) is 9.59 Å². The van der Waals surface area contributed by atoms with Crippen LogP contribution in [0, 0.1) is 5.92 Å². The van der Waals surface area contributed by atoms with Gasteiger partial charge in [-0.3, -0.25) is 9.59 Å². The van der Waals surface area contributed by atoms with Crippen LogP contribution < -0.4 is 15.8 Å². The van der Waals surface area contributed by atoms with E-state index in [-0.39, 0.29) is 42.8 Å². The van der Waals surface area contributed by atoms with Crippen LogP contribution in [0.25, 0.3) is 0 Å². The second-order valence-corrected chi connectivity index (χ2v) is 6.55. The van der Waals surface area contributed by atoms with Gasteiger partial charge in [-0.25, -0.2) is 0 Å². The minimum absolute atomic E-state index is 0. The number of amides is 2. The Morgan fingerprint density at radius 2 is 2.04 bits per heavy atom. The highest BCUT2D eigenvalue weighted by atomic mass is 35.5. The number of hydrogen-bond acceptors (Lipinski definition) is 4. The molecule has 25 heavy (non-hydrogen) atoms. The van der Waals surface area contributed by atoms with Gasteiger partial charge in [0.15, 0.2) is 6.61 Å². The zero-order valence-electron chi connectivity index (χ0n) is 14.3. The van der Waals surface area contributed by atoms with Gasteiger partial charge in [0.1, 0.15) is 5.75 Å². The normalized spacial score (nSPS) is 19.7. The SMILES string of the molecule is Cl.NCC1CCCCN1C(=O)COc1cccc(NC(=O)C2CC2)c1. The molecule has 2 aliphatic rings. The lowest BCUT2D eigenvalue weighted by molar-refractivity contribution is -0.136. The van der Waals surface area contributed by atoms with E-state index >= 15 is 0 Å². The monoisotopic (exact) mass is 367 g/mol. The van der Waals surface area contributed by atoms with Gasteiger partial charge in [-0.05, 0) is 44.2 Å². The van der Waals surface area contributed by atoms with Crippen molar-refractivity contribution in [3.8, 4) is 5.75 Å². The Labute approximate surface area is 154 Å². The predicted octanol–water partition coefficient (Wildman–Crippen LogP) is 2.18. The standard InChI is InChI=1S/C18H25N3O3.ClH/c19-11-15-5-1-2-9-21(15)17(22)12-24-16-6-3-4-14(10-16)20-18(23)13-7-8-13;/h3-4,6,10,13,15H,1-2,5,7-9,11-12,19H2,(H,20,23);1H. The number of carbonyl (C=O) groups is 2. The lowest BCUT2D eigenvalue weighted by atomic mass is 10.0. The number of anilines is 1. The molecule has 1 atom stereocenters. The number of nitrogens with two attached hydrogens (primary N) is 1. The van der Waals surface area contributed by atoms with Crippen LogP contribution in [0.15, 0.2) is 24.3 Å². The predicted molar refractivity (Wildman–Crippen MR) is 98.9 cm³/mol. The molecule has 2 fully saturated rings. The number of piperidine rings is 1. The Morgan fingerprint density at radius 3 is 2.76 bits per heavy atom. The molecule has 2 amide bonds. The van der Waals surface area contributed by atoms with E-state index in [0.29, 0.717) is 18.0 Å². The average molecular weight is 368 g/mol. The number of halogens is 1. The highest BCUT2D eigenvalue weighted by molar-refractivity contribution is 5.94. The van der Waals surface area contributed by atoms with Crippen LogP contribution in [0.1, 0.15) is 32.1 Å². The van der Waals surface area contributed by atoms with Crippen molar-refractivity contribution < 1.29 is 14.3 Å². The van der Waals surface area contributed by atoms with E-state index < -0.39 is 0 Å². The molecule has 7 heteroatoms. The van der Waals surface area contributed by atoms with Gasteiger partial charge in [0.25, 0.3) is 5.91 Å². The number of ether oxygens (including phenoxy) is 1.